The topological polar surface area (TPSA) is 80.3 Å². The quantitative estimate of drug-likeness (QED) is 0.822. The van der Waals surface area contributed by atoms with Gasteiger partial charge in [0.2, 0.25) is 0 Å². The van der Waals surface area contributed by atoms with Gasteiger partial charge in [0.15, 0.2) is 14.0 Å². The first kappa shape index (κ1) is 16.5. The van der Waals surface area contributed by atoms with Crippen LogP contribution in [0.25, 0.3) is 0 Å². The largest absolute Gasteiger partial charge is 0.278 e. The Morgan fingerprint density at radius 2 is 1.81 bits per heavy atom. The molecule has 114 valence electrons. The highest BCUT2D eigenvalue weighted by Crippen LogP contribution is 2.31. The lowest BCUT2D eigenvalue weighted by atomic mass is 10.3. The zero-order valence-corrected chi connectivity index (χ0v) is 14.9. The minimum absolute atomic E-state index is 0.0243. The normalized spacial score (nSPS) is 12.3. The SMILES string of the molecule is CCS(=O)(=O)c1ccccc1NS(=O)(=O)c1sccc1Br. The number of nitrogens with one attached hydrogen (secondary N) is 1. The van der Waals surface area contributed by atoms with Gasteiger partial charge in [-0.15, -0.1) is 11.3 Å². The molecule has 0 atom stereocenters. The fourth-order valence-corrected chi connectivity index (χ4v) is 6.17. The molecule has 21 heavy (non-hydrogen) atoms. The standard InChI is InChI=1S/C12H12BrNO4S3/c1-2-20(15,16)11-6-4-3-5-10(11)14-21(17,18)12-9(13)7-8-19-12/h3-8,14H,2H2,1H3. The van der Waals surface area contributed by atoms with E-state index in [1.165, 1.54) is 19.1 Å². The van der Waals surface area contributed by atoms with E-state index in [1.807, 2.05) is 0 Å². The van der Waals surface area contributed by atoms with E-state index in [9.17, 15) is 16.8 Å². The summed E-state index contributed by atoms with van der Waals surface area (Å²) in [6.07, 6.45) is 0. The third kappa shape index (κ3) is 3.47. The van der Waals surface area contributed by atoms with Crippen LogP contribution in [0.4, 0.5) is 5.69 Å². The van der Waals surface area contributed by atoms with E-state index >= 15 is 0 Å². The minimum atomic E-state index is -3.83. The number of hydrogen-bond acceptors (Lipinski definition) is 5. The number of sulfone groups is 1. The van der Waals surface area contributed by atoms with Crippen molar-refractivity contribution < 1.29 is 16.8 Å². The lowest BCUT2D eigenvalue weighted by molar-refractivity contribution is 0.597. The van der Waals surface area contributed by atoms with Gasteiger partial charge in [0.05, 0.1) is 16.3 Å². The van der Waals surface area contributed by atoms with Crippen LogP contribution in [0.15, 0.2) is 49.3 Å². The van der Waals surface area contributed by atoms with E-state index in [4.69, 9.17) is 0 Å². The highest BCUT2D eigenvalue weighted by molar-refractivity contribution is 9.10. The van der Waals surface area contributed by atoms with Crippen molar-refractivity contribution in [2.24, 2.45) is 0 Å². The smallest absolute Gasteiger partial charge is 0.272 e. The molecule has 0 saturated heterocycles. The van der Waals surface area contributed by atoms with Gasteiger partial charge >= 0.3 is 0 Å². The second-order valence-electron chi connectivity index (χ2n) is 4.06. The van der Waals surface area contributed by atoms with Crippen molar-refractivity contribution in [3.8, 4) is 0 Å². The maximum Gasteiger partial charge on any atom is 0.272 e. The Morgan fingerprint density at radius 1 is 1.14 bits per heavy atom. The van der Waals surface area contributed by atoms with Gasteiger partial charge in [0.1, 0.15) is 0 Å². The van der Waals surface area contributed by atoms with Crippen LogP contribution in [0.3, 0.4) is 0 Å². The van der Waals surface area contributed by atoms with Gasteiger partial charge in [-0.2, -0.15) is 0 Å². The molecule has 5 nitrogen and oxygen atoms in total. The number of rotatable bonds is 5. The zero-order chi connectivity index (χ0) is 15.7. The molecule has 0 fully saturated rings. The van der Waals surface area contributed by atoms with Gasteiger partial charge in [-0.05, 0) is 39.5 Å². The second kappa shape index (κ2) is 6.07. The Hall–Kier alpha value is -0.900. The zero-order valence-electron chi connectivity index (χ0n) is 10.9. The van der Waals surface area contributed by atoms with E-state index in [2.05, 4.69) is 20.7 Å². The maximum absolute atomic E-state index is 12.3. The van der Waals surface area contributed by atoms with Crippen LogP contribution in [-0.2, 0) is 19.9 Å². The number of thiophene rings is 1. The summed E-state index contributed by atoms with van der Waals surface area (Å²) in [6.45, 7) is 1.51. The van der Waals surface area contributed by atoms with Crippen molar-refractivity contribution in [1.29, 1.82) is 0 Å². The molecule has 0 bridgehead atoms. The monoisotopic (exact) mass is 409 g/mol. The molecule has 2 aromatic rings. The molecular weight excluding hydrogens is 398 g/mol. The first-order chi connectivity index (χ1) is 9.78. The van der Waals surface area contributed by atoms with Gasteiger partial charge < -0.3 is 0 Å². The molecule has 0 saturated carbocycles. The number of sulfonamides is 1. The number of benzene rings is 1. The van der Waals surface area contributed by atoms with Crippen molar-refractivity contribution in [2.75, 3.05) is 10.5 Å². The van der Waals surface area contributed by atoms with Crippen LogP contribution < -0.4 is 4.72 Å². The molecule has 0 aliphatic heterocycles. The Bertz CT molecular complexity index is 856. The van der Waals surface area contributed by atoms with Crippen molar-refractivity contribution in [2.45, 2.75) is 16.0 Å². The molecule has 1 heterocycles. The Kier molecular flexibility index (Phi) is 4.76. The van der Waals surface area contributed by atoms with Crippen LogP contribution in [-0.4, -0.2) is 22.6 Å². The van der Waals surface area contributed by atoms with E-state index in [1.54, 1.807) is 23.6 Å². The molecule has 0 aliphatic rings. The summed E-state index contributed by atoms with van der Waals surface area (Å²) in [6, 6.07) is 7.58. The summed E-state index contributed by atoms with van der Waals surface area (Å²) < 4.78 is 51.6. The van der Waals surface area contributed by atoms with Crippen molar-refractivity contribution in [1.82, 2.24) is 0 Å². The van der Waals surface area contributed by atoms with Crippen LogP contribution >= 0.6 is 27.3 Å². The molecule has 2 rings (SSSR count). The lowest BCUT2D eigenvalue weighted by Crippen LogP contribution is -2.15. The third-order valence-electron chi connectivity index (χ3n) is 2.68. The van der Waals surface area contributed by atoms with E-state index in [0.717, 1.165) is 11.3 Å². The lowest BCUT2D eigenvalue weighted by Gasteiger charge is -2.11. The summed E-state index contributed by atoms with van der Waals surface area (Å²) >= 11 is 4.21. The van der Waals surface area contributed by atoms with Crippen LogP contribution in [0.5, 0.6) is 0 Å². The predicted molar refractivity (Wildman–Crippen MR) is 87.0 cm³/mol. The molecule has 9 heteroatoms. The van der Waals surface area contributed by atoms with Gasteiger partial charge in [0.25, 0.3) is 10.0 Å². The van der Waals surface area contributed by atoms with Gasteiger partial charge in [-0.25, -0.2) is 16.8 Å². The van der Waals surface area contributed by atoms with Gasteiger partial charge in [-0.1, -0.05) is 19.1 Å². The van der Waals surface area contributed by atoms with Crippen LogP contribution in [0.1, 0.15) is 6.92 Å². The summed E-state index contributed by atoms with van der Waals surface area (Å²) in [5.41, 5.74) is 0.0552. The molecule has 1 aromatic carbocycles. The Labute approximate surface area is 136 Å². The molecule has 1 N–H and O–H groups in total. The Balaban J connectivity index is 2.49. The average Bonchev–Trinajstić information content (AvgIpc) is 2.86. The molecule has 0 radical (unpaired) electrons. The van der Waals surface area contributed by atoms with Crippen LogP contribution in [0, 0.1) is 0 Å². The van der Waals surface area contributed by atoms with Gasteiger partial charge in [0, 0.05) is 4.47 Å². The van der Waals surface area contributed by atoms with Gasteiger partial charge in [-0.3, -0.25) is 4.72 Å². The molecular formula is C12H12BrNO4S3. The van der Waals surface area contributed by atoms with Crippen molar-refractivity contribution in [3.05, 3.63) is 40.2 Å². The average molecular weight is 410 g/mol. The number of hydrogen-bond donors (Lipinski definition) is 1. The molecule has 0 aliphatic carbocycles. The van der Waals surface area contributed by atoms with E-state index in [0.29, 0.717) is 4.47 Å². The second-order valence-corrected chi connectivity index (χ2v) is 9.96. The number of halogens is 1. The summed E-state index contributed by atoms with van der Waals surface area (Å²) in [5.74, 6) is -0.103. The minimum Gasteiger partial charge on any atom is -0.278 e. The molecule has 0 spiro atoms. The van der Waals surface area contributed by atoms with Crippen LogP contribution in [0.2, 0.25) is 0 Å². The first-order valence-electron chi connectivity index (χ1n) is 5.85. The van der Waals surface area contributed by atoms with Crippen molar-refractivity contribution >= 4 is 52.8 Å². The summed E-state index contributed by atoms with van der Waals surface area (Å²) in [4.78, 5) is -0.0243. The van der Waals surface area contributed by atoms with Crippen molar-refractivity contribution in [3.63, 3.8) is 0 Å². The predicted octanol–water partition coefficient (Wildman–Crippen LogP) is 3.11. The fraction of sp³-hybridized carbons (Fsp3) is 0.167. The third-order valence-corrected chi connectivity index (χ3v) is 8.50. The first-order valence-corrected chi connectivity index (χ1v) is 10.7. The van der Waals surface area contributed by atoms with E-state index < -0.39 is 19.9 Å². The number of para-hydroxylation sites is 1. The molecule has 0 amide bonds. The summed E-state index contributed by atoms with van der Waals surface area (Å²) in [5, 5.41) is 1.63. The Morgan fingerprint density at radius 3 is 2.38 bits per heavy atom. The fourth-order valence-electron chi connectivity index (χ4n) is 1.64. The molecule has 1 aromatic heterocycles. The summed E-state index contributed by atoms with van der Waals surface area (Å²) in [7, 11) is -7.35. The van der Waals surface area contributed by atoms with E-state index in [-0.39, 0.29) is 20.5 Å². The number of anilines is 1. The maximum atomic E-state index is 12.3. The highest BCUT2D eigenvalue weighted by Gasteiger charge is 2.23. The molecule has 0 unspecified atom stereocenters. The highest BCUT2D eigenvalue weighted by atomic mass is 79.9.